The zero-order chi connectivity index (χ0) is 22.0. The Balaban J connectivity index is 1.65. The number of imidazole rings is 1. The number of rotatable bonds is 7. The number of aromatic nitrogens is 2. The SMILES string of the molecule is Cc1ccc(C(=O)C2C(=O)C(=O)N(CCCn3ccnc3)C2c2ccc(F)cc2)cc1. The van der Waals surface area contributed by atoms with Gasteiger partial charge >= 0.3 is 0 Å². The minimum absolute atomic E-state index is 0.294. The lowest BCUT2D eigenvalue weighted by Gasteiger charge is -2.27. The highest BCUT2D eigenvalue weighted by Crippen LogP contribution is 2.38. The van der Waals surface area contributed by atoms with Gasteiger partial charge in [0.2, 0.25) is 5.78 Å². The summed E-state index contributed by atoms with van der Waals surface area (Å²) < 4.78 is 15.4. The topological polar surface area (TPSA) is 72.3 Å². The molecule has 0 spiro atoms. The van der Waals surface area contributed by atoms with Gasteiger partial charge in [-0.25, -0.2) is 9.37 Å². The molecule has 7 heteroatoms. The molecule has 1 fully saturated rings. The predicted octanol–water partition coefficient (Wildman–Crippen LogP) is 3.37. The highest BCUT2D eigenvalue weighted by atomic mass is 19.1. The molecule has 2 aromatic carbocycles. The van der Waals surface area contributed by atoms with Crippen LogP contribution < -0.4 is 0 Å². The summed E-state index contributed by atoms with van der Waals surface area (Å²) in [5.74, 6) is -3.38. The van der Waals surface area contributed by atoms with Gasteiger partial charge in [-0.1, -0.05) is 42.0 Å². The molecule has 4 rings (SSSR count). The largest absolute Gasteiger partial charge is 0.337 e. The van der Waals surface area contributed by atoms with Crippen molar-refractivity contribution in [2.75, 3.05) is 6.54 Å². The van der Waals surface area contributed by atoms with E-state index in [1.54, 1.807) is 36.8 Å². The van der Waals surface area contributed by atoms with Crippen LogP contribution in [0.25, 0.3) is 0 Å². The number of carbonyl (C=O) groups is 3. The van der Waals surface area contributed by atoms with Crippen molar-refractivity contribution in [3.63, 3.8) is 0 Å². The van der Waals surface area contributed by atoms with Crippen LogP contribution in [0.5, 0.6) is 0 Å². The number of halogens is 1. The molecule has 1 amide bonds. The van der Waals surface area contributed by atoms with Crippen molar-refractivity contribution >= 4 is 17.5 Å². The van der Waals surface area contributed by atoms with Gasteiger partial charge in [-0.15, -0.1) is 0 Å². The van der Waals surface area contributed by atoms with Crippen molar-refractivity contribution in [2.24, 2.45) is 5.92 Å². The zero-order valence-corrected chi connectivity index (χ0v) is 17.1. The fourth-order valence-corrected chi connectivity index (χ4v) is 4.00. The van der Waals surface area contributed by atoms with Crippen LogP contribution in [0.1, 0.15) is 33.9 Å². The first-order chi connectivity index (χ1) is 15.0. The maximum Gasteiger partial charge on any atom is 0.291 e. The van der Waals surface area contributed by atoms with Crippen molar-refractivity contribution in [3.8, 4) is 0 Å². The average molecular weight is 419 g/mol. The van der Waals surface area contributed by atoms with E-state index < -0.39 is 35.3 Å². The molecule has 2 heterocycles. The second-order valence-electron chi connectivity index (χ2n) is 7.72. The number of aryl methyl sites for hydroxylation is 2. The predicted molar refractivity (Wildman–Crippen MR) is 112 cm³/mol. The van der Waals surface area contributed by atoms with Gasteiger partial charge in [-0.05, 0) is 31.0 Å². The lowest BCUT2D eigenvalue weighted by molar-refractivity contribution is -0.140. The number of hydrogen-bond acceptors (Lipinski definition) is 4. The summed E-state index contributed by atoms with van der Waals surface area (Å²) in [4.78, 5) is 44.5. The Morgan fingerprint density at radius 1 is 1.03 bits per heavy atom. The summed E-state index contributed by atoms with van der Waals surface area (Å²) in [6.45, 7) is 2.81. The molecule has 6 nitrogen and oxygen atoms in total. The summed E-state index contributed by atoms with van der Waals surface area (Å²) in [7, 11) is 0. The molecule has 2 unspecified atom stereocenters. The molecule has 1 saturated heterocycles. The molecule has 0 saturated carbocycles. The molecule has 0 bridgehead atoms. The lowest BCUT2D eigenvalue weighted by atomic mass is 9.86. The van der Waals surface area contributed by atoms with Crippen LogP contribution in [-0.2, 0) is 16.1 Å². The van der Waals surface area contributed by atoms with Gasteiger partial charge in [0, 0.05) is 31.0 Å². The maximum atomic E-state index is 13.5. The Hall–Kier alpha value is -3.61. The third-order valence-electron chi connectivity index (χ3n) is 5.61. The first-order valence-electron chi connectivity index (χ1n) is 10.1. The van der Waals surface area contributed by atoms with E-state index in [0.717, 1.165) is 5.56 Å². The number of nitrogens with zero attached hydrogens (tertiary/aromatic N) is 3. The van der Waals surface area contributed by atoms with Crippen molar-refractivity contribution in [1.29, 1.82) is 0 Å². The van der Waals surface area contributed by atoms with Gasteiger partial charge in [-0.2, -0.15) is 0 Å². The summed E-state index contributed by atoms with van der Waals surface area (Å²) in [6, 6.07) is 11.8. The molecule has 0 aliphatic carbocycles. The first-order valence-corrected chi connectivity index (χ1v) is 10.1. The van der Waals surface area contributed by atoms with Gasteiger partial charge in [0.25, 0.3) is 5.91 Å². The molecule has 1 aliphatic heterocycles. The lowest BCUT2D eigenvalue weighted by Crippen LogP contribution is -2.32. The molecule has 158 valence electrons. The minimum Gasteiger partial charge on any atom is -0.337 e. The Bertz CT molecular complexity index is 1090. The van der Waals surface area contributed by atoms with E-state index in [1.165, 1.54) is 29.2 Å². The second-order valence-corrected chi connectivity index (χ2v) is 7.72. The monoisotopic (exact) mass is 419 g/mol. The number of likely N-dealkylation sites (tertiary alicyclic amines) is 1. The summed E-state index contributed by atoms with van der Waals surface area (Å²) in [6.07, 6.45) is 5.75. The number of hydrogen-bond donors (Lipinski definition) is 0. The Labute approximate surface area is 179 Å². The Morgan fingerprint density at radius 2 is 1.74 bits per heavy atom. The number of amides is 1. The molecule has 1 aliphatic rings. The average Bonchev–Trinajstić information content (AvgIpc) is 3.37. The fraction of sp³-hybridized carbons (Fsp3) is 0.250. The van der Waals surface area contributed by atoms with Gasteiger partial charge < -0.3 is 9.47 Å². The molecule has 0 N–H and O–H groups in total. The highest BCUT2D eigenvalue weighted by Gasteiger charge is 2.51. The number of carbonyl (C=O) groups excluding carboxylic acids is 3. The molecular formula is C24H22FN3O3. The van der Waals surface area contributed by atoms with Gasteiger partial charge in [-0.3, -0.25) is 14.4 Å². The third-order valence-corrected chi connectivity index (χ3v) is 5.61. The van der Waals surface area contributed by atoms with E-state index in [9.17, 15) is 18.8 Å². The molecule has 31 heavy (non-hydrogen) atoms. The van der Waals surface area contributed by atoms with Crippen LogP contribution >= 0.6 is 0 Å². The minimum atomic E-state index is -1.16. The van der Waals surface area contributed by atoms with Crippen molar-refractivity contribution < 1.29 is 18.8 Å². The van der Waals surface area contributed by atoms with Crippen molar-refractivity contribution in [3.05, 3.63) is 89.8 Å². The molecule has 1 aromatic heterocycles. The Morgan fingerprint density at radius 3 is 2.39 bits per heavy atom. The summed E-state index contributed by atoms with van der Waals surface area (Å²) in [5, 5.41) is 0. The molecule has 3 aromatic rings. The second kappa shape index (κ2) is 8.63. The molecule has 2 atom stereocenters. The maximum absolute atomic E-state index is 13.5. The van der Waals surface area contributed by atoms with Crippen LogP contribution in [0.4, 0.5) is 4.39 Å². The zero-order valence-electron chi connectivity index (χ0n) is 17.1. The standard InChI is InChI=1S/C24H22FN3O3/c1-16-3-5-18(6-4-16)22(29)20-21(17-7-9-19(25)10-8-17)28(24(31)23(20)30)13-2-12-27-14-11-26-15-27/h3-11,14-15,20-21H,2,12-13H2,1H3. The molecule has 0 radical (unpaired) electrons. The summed E-state index contributed by atoms with van der Waals surface area (Å²) >= 11 is 0. The van der Waals surface area contributed by atoms with Gasteiger partial charge in [0.1, 0.15) is 11.7 Å². The Kier molecular flexibility index (Phi) is 5.75. The van der Waals surface area contributed by atoms with E-state index in [1.807, 2.05) is 17.7 Å². The number of ketones is 2. The van der Waals surface area contributed by atoms with Crippen LogP contribution in [0.3, 0.4) is 0 Å². The van der Waals surface area contributed by atoms with Gasteiger partial charge in [0.15, 0.2) is 5.78 Å². The first kappa shape index (κ1) is 20.7. The third kappa shape index (κ3) is 4.17. The quantitative estimate of drug-likeness (QED) is 0.334. The fourth-order valence-electron chi connectivity index (χ4n) is 4.00. The van der Waals surface area contributed by atoms with Crippen molar-refractivity contribution in [2.45, 2.75) is 25.9 Å². The summed E-state index contributed by atoms with van der Waals surface area (Å²) in [5.41, 5.74) is 1.93. The van der Waals surface area contributed by atoms with E-state index in [-0.39, 0.29) is 0 Å². The van der Waals surface area contributed by atoms with E-state index in [0.29, 0.717) is 30.6 Å². The van der Waals surface area contributed by atoms with Crippen LogP contribution in [0, 0.1) is 18.7 Å². The normalized spacial score (nSPS) is 18.6. The highest BCUT2D eigenvalue weighted by molar-refractivity contribution is 6.44. The number of Topliss-reactive ketones (excluding diaryl/α,β-unsaturated/α-hetero) is 2. The van der Waals surface area contributed by atoms with E-state index in [4.69, 9.17) is 0 Å². The van der Waals surface area contributed by atoms with Crippen LogP contribution in [0.15, 0.2) is 67.3 Å². The van der Waals surface area contributed by atoms with E-state index >= 15 is 0 Å². The van der Waals surface area contributed by atoms with Crippen LogP contribution in [-0.4, -0.2) is 38.5 Å². The van der Waals surface area contributed by atoms with Crippen LogP contribution in [0.2, 0.25) is 0 Å². The van der Waals surface area contributed by atoms with Crippen molar-refractivity contribution in [1.82, 2.24) is 14.5 Å². The smallest absolute Gasteiger partial charge is 0.291 e. The molecular weight excluding hydrogens is 397 g/mol. The number of benzene rings is 2. The van der Waals surface area contributed by atoms with Gasteiger partial charge in [0.05, 0.1) is 12.4 Å². The van der Waals surface area contributed by atoms with E-state index in [2.05, 4.69) is 4.98 Å².